The maximum atomic E-state index is 11.6. The molecule has 0 aliphatic heterocycles. The summed E-state index contributed by atoms with van der Waals surface area (Å²) in [6, 6.07) is 1.22. The van der Waals surface area contributed by atoms with Crippen molar-refractivity contribution in [3.05, 3.63) is 18.0 Å². The first-order chi connectivity index (χ1) is 6.86. The van der Waals surface area contributed by atoms with E-state index in [0.29, 0.717) is 6.54 Å². The molecule has 84 valence electrons. The van der Waals surface area contributed by atoms with Gasteiger partial charge in [-0.25, -0.2) is 8.42 Å². The summed E-state index contributed by atoms with van der Waals surface area (Å²) in [4.78, 5) is 15.5. The van der Waals surface area contributed by atoms with Crippen LogP contribution in [0.3, 0.4) is 0 Å². The number of carbonyl (C=O) groups is 1. The number of aromatic nitrogens is 1. The molecule has 0 aromatic carbocycles. The second-order valence-corrected chi connectivity index (χ2v) is 5.57. The van der Waals surface area contributed by atoms with Crippen molar-refractivity contribution in [2.24, 2.45) is 0 Å². The smallest absolute Gasteiger partial charge is 0.270 e. The topological polar surface area (TPSA) is 70.2 Å². The minimum absolute atomic E-state index is 0.1000. The Hall–Kier alpha value is -1.01. The molecular weight excluding hydrogens is 240 g/mol. The minimum atomic E-state index is -3.78. The van der Waals surface area contributed by atoms with Crippen LogP contribution in [-0.2, 0) is 9.05 Å². The zero-order valence-corrected chi connectivity index (χ0v) is 9.89. The first-order valence-electron chi connectivity index (χ1n) is 4.24. The van der Waals surface area contributed by atoms with Gasteiger partial charge in [-0.3, -0.25) is 4.79 Å². The van der Waals surface area contributed by atoms with Crippen molar-refractivity contribution >= 4 is 25.6 Å². The van der Waals surface area contributed by atoms with E-state index in [1.807, 2.05) is 6.92 Å². The minimum Gasteiger partial charge on any atom is -0.356 e. The first kappa shape index (κ1) is 12.1. The zero-order valence-electron chi connectivity index (χ0n) is 8.32. The maximum Gasteiger partial charge on any atom is 0.270 e. The number of nitrogens with one attached hydrogen (secondary N) is 1. The van der Waals surface area contributed by atoms with Crippen molar-refractivity contribution in [1.82, 2.24) is 9.88 Å². The zero-order chi connectivity index (χ0) is 11.6. The summed E-state index contributed by atoms with van der Waals surface area (Å²) in [5.41, 5.74) is 0.207. The molecule has 5 nitrogen and oxygen atoms in total. The summed E-state index contributed by atoms with van der Waals surface area (Å²) in [6.45, 7) is 2.36. The molecule has 1 aromatic heterocycles. The molecule has 0 unspecified atom stereocenters. The van der Waals surface area contributed by atoms with E-state index in [1.54, 1.807) is 7.05 Å². The molecule has 7 heteroatoms. The normalized spacial score (nSPS) is 11.4. The quantitative estimate of drug-likeness (QED) is 0.815. The summed E-state index contributed by atoms with van der Waals surface area (Å²) >= 11 is 0. The van der Waals surface area contributed by atoms with E-state index in [4.69, 9.17) is 10.7 Å². The predicted molar refractivity (Wildman–Crippen MR) is 56.5 cm³/mol. The molecule has 1 rings (SSSR count). The Labute approximate surface area is 92.5 Å². The van der Waals surface area contributed by atoms with Crippen molar-refractivity contribution in [2.45, 2.75) is 11.8 Å². The van der Waals surface area contributed by atoms with Crippen LogP contribution in [0.5, 0.6) is 0 Å². The van der Waals surface area contributed by atoms with E-state index >= 15 is 0 Å². The number of hydrogen-bond donors (Lipinski definition) is 1. The molecule has 0 aliphatic carbocycles. The fourth-order valence-corrected chi connectivity index (χ4v) is 1.71. The lowest BCUT2D eigenvalue weighted by Crippen LogP contribution is -2.26. The van der Waals surface area contributed by atoms with E-state index < -0.39 is 9.05 Å². The fourth-order valence-electron chi connectivity index (χ4n) is 0.988. The average Bonchev–Trinajstić information content (AvgIpc) is 2.63. The van der Waals surface area contributed by atoms with Crippen molar-refractivity contribution in [1.29, 1.82) is 0 Å². The van der Waals surface area contributed by atoms with Gasteiger partial charge in [0.15, 0.2) is 0 Å². The van der Waals surface area contributed by atoms with Gasteiger partial charge < -0.3 is 9.88 Å². The van der Waals surface area contributed by atoms with Crippen LogP contribution in [0.4, 0.5) is 0 Å². The predicted octanol–water partition coefficient (Wildman–Crippen LogP) is 1.03. The number of amides is 1. The molecule has 1 amide bonds. The van der Waals surface area contributed by atoms with Gasteiger partial charge in [-0.15, -0.1) is 0 Å². The number of nitrogens with zero attached hydrogens (tertiary/aromatic N) is 1. The number of hydrogen-bond acceptors (Lipinski definition) is 3. The van der Waals surface area contributed by atoms with E-state index in [2.05, 4.69) is 4.98 Å². The highest BCUT2D eigenvalue weighted by Crippen LogP contribution is 2.16. The van der Waals surface area contributed by atoms with Crippen LogP contribution < -0.4 is 0 Å². The molecule has 0 fully saturated rings. The Bertz CT molecular complexity index is 466. The largest absolute Gasteiger partial charge is 0.356 e. The van der Waals surface area contributed by atoms with Gasteiger partial charge in [0.25, 0.3) is 15.0 Å². The van der Waals surface area contributed by atoms with E-state index in [1.165, 1.54) is 17.2 Å². The van der Waals surface area contributed by atoms with Gasteiger partial charge in [-0.05, 0) is 13.0 Å². The standard InChI is InChI=1S/C8H11ClN2O3S/c1-3-11(2)8(12)7-4-6(5-10-7)15(9,13)14/h4-5,10H,3H2,1-2H3. The molecule has 15 heavy (non-hydrogen) atoms. The molecule has 0 aliphatic rings. The van der Waals surface area contributed by atoms with Gasteiger partial charge in [0.1, 0.15) is 10.6 Å². The van der Waals surface area contributed by atoms with Crippen molar-refractivity contribution in [3.63, 3.8) is 0 Å². The third kappa shape index (κ3) is 2.73. The highest BCUT2D eigenvalue weighted by Gasteiger charge is 2.17. The van der Waals surface area contributed by atoms with Crippen LogP contribution >= 0.6 is 10.7 Å². The van der Waals surface area contributed by atoms with Crippen LogP contribution in [0.2, 0.25) is 0 Å². The Morgan fingerprint density at radius 2 is 2.20 bits per heavy atom. The molecular formula is C8H11ClN2O3S. The Morgan fingerprint density at radius 3 is 2.60 bits per heavy atom. The van der Waals surface area contributed by atoms with Gasteiger partial charge in [-0.1, -0.05) is 0 Å². The van der Waals surface area contributed by atoms with Gasteiger partial charge in [0.2, 0.25) is 0 Å². The Morgan fingerprint density at radius 1 is 1.60 bits per heavy atom. The average molecular weight is 251 g/mol. The summed E-state index contributed by atoms with van der Waals surface area (Å²) < 4.78 is 21.9. The van der Waals surface area contributed by atoms with Gasteiger partial charge in [0, 0.05) is 30.5 Å². The van der Waals surface area contributed by atoms with E-state index in [-0.39, 0.29) is 16.5 Å². The first-order valence-corrected chi connectivity index (χ1v) is 6.55. The lowest BCUT2D eigenvalue weighted by Gasteiger charge is -2.12. The van der Waals surface area contributed by atoms with Gasteiger partial charge in [0.05, 0.1) is 0 Å². The molecule has 1 N–H and O–H groups in total. The molecule has 0 bridgehead atoms. The third-order valence-corrected chi connectivity index (χ3v) is 3.32. The molecule has 0 saturated heterocycles. The molecule has 1 aromatic rings. The number of halogens is 1. The monoisotopic (exact) mass is 250 g/mol. The number of aromatic amines is 1. The van der Waals surface area contributed by atoms with Crippen molar-refractivity contribution in [2.75, 3.05) is 13.6 Å². The summed E-state index contributed by atoms with van der Waals surface area (Å²) in [5.74, 6) is -0.274. The van der Waals surface area contributed by atoms with E-state index in [9.17, 15) is 13.2 Å². The van der Waals surface area contributed by atoms with Crippen LogP contribution in [0.1, 0.15) is 17.4 Å². The lowest BCUT2D eigenvalue weighted by atomic mass is 10.4. The Balaban J connectivity index is 3.00. The van der Waals surface area contributed by atoms with Crippen LogP contribution in [0, 0.1) is 0 Å². The lowest BCUT2D eigenvalue weighted by molar-refractivity contribution is 0.0797. The van der Waals surface area contributed by atoms with Crippen molar-refractivity contribution < 1.29 is 13.2 Å². The van der Waals surface area contributed by atoms with Crippen LogP contribution in [0.15, 0.2) is 17.2 Å². The second-order valence-electron chi connectivity index (χ2n) is 3.01. The fraction of sp³-hybridized carbons (Fsp3) is 0.375. The third-order valence-electron chi connectivity index (χ3n) is 1.99. The number of H-pyrrole nitrogens is 1. The molecule has 0 saturated carbocycles. The van der Waals surface area contributed by atoms with Crippen LogP contribution in [-0.4, -0.2) is 37.8 Å². The highest BCUT2D eigenvalue weighted by atomic mass is 35.7. The summed E-state index contributed by atoms with van der Waals surface area (Å²) in [5, 5.41) is 0. The van der Waals surface area contributed by atoms with Crippen LogP contribution in [0.25, 0.3) is 0 Å². The number of carbonyl (C=O) groups excluding carboxylic acids is 1. The van der Waals surface area contributed by atoms with E-state index in [0.717, 1.165) is 0 Å². The maximum absolute atomic E-state index is 11.6. The van der Waals surface area contributed by atoms with Crippen molar-refractivity contribution in [3.8, 4) is 0 Å². The molecule has 0 atom stereocenters. The summed E-state index contributed by atoms with van der Waals surface area (Å²) in [7, 11) is 2.96. The SMILES string of the molecule is CCN(C)C(=O)c1cc(S(=O)(=O)Cl)c[nH]1. The second kappa shape index (κ2) is 4.24. The highest BCUT2D eigenvalue weighted by molar-refractivity contribution is 8.13. The molecule has 0 radical (unpaired) electrons. The number of rotatable bonds is 3. The molecule has 1 heterocycles. The summed E-state index contributed by atoms with van der Waals surface area (Å²) in [6.07, 6.45) is 1.19. The molecule has 0 spiro atoms. The van der Waals surface area contributed by atoms with Gasteiger partial charge >= 0.3 is 0 Å². The van der Waals surface area contributed by atoms with Gasteiger partial charge in [-0.2, -0.15) is 0 Å². The Kier molecular flexibility index (Phi) is 3.41.